The van der Waals surface area contributed by atoms with Crippen LogP contribution in [0.4, 0.5) is 57.1 Å². The third-order valence-corrected chi connectivity index (χ3v) is 14.9. The number of nitrogens with one attached hydrogen (secondary N) is 2. The third-order valence-electron chi connectivity index (χ3n) is 14.4. The molecule has 3 heterocycles. The number of hydrogen-bond donors (Lipinski definition) is 7. The Morgan fingerprint density at radius 3 is 1.08 bits per heavy atom. The highest BCUT2D eigenvalue weighted by atomic mass is 35.5. The van der Waals surface area contributed by atoms with Gasteiger partial charge in [0.15, 0.2) is 13.2 Å². The fourth-order valence-corrected chi connectivity index (χ4v) is 9.16. The number of unbranched alkanes of at least 4 members (excludes halogenated alkanes) is 2. The van der Waals surface area contributed by atoms with Crippen LogP contribution in [0.25, 0.3) is 0 Å². The summed E-state index contributed by atoms with van der Waals surface area (Å²) in [5.74, 6) is -3.25. The normalized spacial score (nSPS) is 13.4. The van der Waals surface area contributed by atoms with Crippen molar-refractivity contribution in [3.05, 3.63) is 128 Å². The van der Waals surface area contributed by atoms with E-state index in [2.05, 4.69) is 60.2 Å². The number of carbonyl (C=O) groups is 7. The third kappa shape index (κ3) is 47.8. The van der Waals surface area contributed by atoms with E-state index in [9.17, 15) is 73.1 Å². The van der Waals surface area contributed by atoms with Crippen LogP contribution < -0.4 is 37.3 Å². The van der Waals surface area contributed by atoms with Gasteiger partial charge < -0.3 is 75.9 Å². The van der Waals surface area contributed by atoms with E-state index < -0.39 is 102 Å². The van der Waals surface area contributed by atoms with Crippen LogP contribution in [0.3, 0.4) is 0 Å². The van der Waals surface area contributed by atoms with Crippen molar-refractivity contribution in [2.24, 2.45) is 11.5 Å². The molecule has 0 amide bonds. The van der Waals surface area contributed by atoms with E-state index in [-0.39, 0.29) is 124 Å². The summed E-state index contributed by atoms with van der Waals surface area (Å²) in [6.45, 7) is 18.1. The number of carboxylic acid groups (broad SMARTS) is 1. The number of aromatic nitrogens is 9. The predicted octanol–water partition coefficient (Wildman–Crippen LogP) is 15.5. The maximum absolute atomic E-state index is 12.7. The summed E-state index contributed by atoms with van der Waals surface area (Å²) < 4.78 is 147. The van der Waals surface area contributed by atoms with Gasteiger partial charge in [-0.2, -0.15) is 84.4 Å². The van der Waals surface area contributed by atoms with Crippen molar-refractivity contribution in [3.8, 4) is 12.0 Å². The van der Waals surface area contributed by atoms with Crippen molar-refractivity contribution < 1.29 is 121 Å². The van der Waals surface area contributed by atoms with Gasteiger partial charge in [-0.25, -0.2) is 24.0 Å². The smallest absolute Gasteiger partial charge is 0.422 e. The summed E-state index contributed by atoms with van der Waals surface area (Å²) in [4.78, 5) is 115. The zero-order valence-electron chi connectivity index (χ0n) is 66.2. The van der Waals surface area contributed by atoms with Gasteiger partial charge in [0.05, 0.1) is 36.5 Å². The highest BCUT2D eigenvalue weighted by Crippen LogP contribution is 2.41. The molecule has 3 fully saturated rings. The van der Waals surface area contributed by atoms with Crippen molar-refractivity contribution in [2.45, 2.75) is 242 Å². The SMILES string of the molecule is C.C.C.C.CC(C)(C)OC(=O)CCCCCN.CC(C)(C)OC(=O)c1ccc(N)cc1.CCOC(=O)C1(N)CC1.CCOC(=O)C1(Nc2nc(Cc3ccc(C(=O)O)cc3)nc(OCC(F)(F)F)n2)CC1.CCOC(=O)C1(Nc2nc(Cc3ccc(C(=O)OC(C)(C)C)cc3)nc(OCC(F)(F)F)n2)CC1.Clc1nc(Cl)nc(Cl)n1.OCC(F)(F)F. The molecular weight excluding hydrogens is 1680 g/mol. The van der Waals surface area contributed by atoms with Gasteiger partial charge in [0.25, 0.3) is 0 Å². The predicted molar refractivity (Wildman–Crippen MR) is 435 cm³/mol. The molecule has 3 aliphatic rings. The fraction of sp³-hybridized carbons (Fsp3) is 0.564. The van der Waals surface area contributed by atoms with Gasteiger partial charge in [-0.3, -0.25) is 9.59 Å². The number of esters is 6. The second-order valence-corrected chi connectivity index (χ2v) is 29.5. The summed E-state index contributed by atoms with van der Waals surface area (Å²) >= 11 is 16.0. The molecule has 0 atom stereocenters. The molecule has 6 aromatic rings. The second-order valence-electron chi connectivity index (χ2n) is 28.5. The molecule has 3 aromatic carbocycles. The lowest BCUT2D eigenvalue weighted by Gasteiger charge is -2.19. The quantitative estimate of drug-likeness (QED) is 0.00872. The van der Waals surface area contributed by atoms with Crippen LogP contribution in [-0.2, 0) is 60.4 Å². The molecule has 3 saturated carbocycles. The lowest BCUT2D eigenvalue weighted by molar-refractivity contribution is -0.159. The number of ether oxygens (including phenoxy) is 8. The number of carbonyl (C=O) groups excluding carboxylic acids is 6. The number of aliphatic hydroxyl groups excluding tert-OH is 1. The first-order chi connectivity index (χ1) is 54.2. The van der Waals surface area contributed by atoms with E-state index in [0.717, 1.165) is 32.1 Å². The van der Waals surface area contributed by atoms with Gasteiger partial charge >= 0.3 is 72.3 Å². The number of nitrogens with zero attached hydrogens (tertiary/aromatic N) is 9. The molecule has 3 aromatic heterocycles. The van der Waals surface area contributed by atoms with Crippen LogP contribution in [0.2, 0.25) is 15.9 Å². The van der Waals surface area contributed by atoms with Gasteiger partial charge in [0.2, 0.25) is 27.7 Å². The Kier molecular flexibility index (Phi) is 47.8. The van der Waals surface area contributed by atoms with Crippen molar-refractivity contribution >= 4 is 94.2 Å². The van der Waals surface area contributed by atoms with E-state index in [1.165, 1.54) is 24.3 Å². The largest absolute Gasteiger partial charge is 0.478 e. The van der Waals surface area contributed by atoms with Crippen LogP contribution in [0.5, 0.6) is 12.0 Å². The number of benzene rings is 3. The van der Waals surface area contributed by atoms with E-state index in [0.29, 0.717) is 73.2 Å². The molecule has 0 bridgehead atoms. The van der Waals surface area contributed by atoms with Crippen LogP contribution in [0.15, 0.2) is 72.8 Å². The molecule has 0 radical (unpaired) electrons. The number of aliphatic hydroxyl groups is 1. The topological polar surface area (TPSA) is 452 Å². The first kappa shape index (κ1) is 113. The van der Waals surface area contributed by atoms with Crippen LogP contribution in [0, 0.1) is 0 Å². The number of carboxylic acids is 1. The Morgan fingerprint density at radius 2 is 0.793 bits per heavy atom. The maximum atomic E-state index is 12.7. The van der Waals surface area contributed by atoms with Gasteiger partial charge in [-0.05, 0) is 235 Å². The molecule has 680 valence electrons. The average molecular weight is 1800 g/mol. The Labute approximate surface area is 712 Å². The average Bonchev–Trinajstić information content (AvgIpc) is 1.63. The van der Waals surface area contributed by atoms with Crippen molar-refractivity contribution in [3.63, 3.8) is 0 Å². The van der Waals surface area contributed by atoms with Gasteiger partial charge in [-0.1, -0.05) is 60.4 Å². The van der Waals surface area contributed by atoms with E-state index in [4.69, 9.17) is 95.4 Å². The minimum Gasteiger partial charge on any atom is -0.478 e. The molecule has 0 saturated heterocycles. The highest BCUT2D eigenvalue weighted by Gasteiger charge is 2.53. The fourth-order valence-electron chi connectivity index (χ4n) is 8.55. The van der Waals surface area contributed by atoms with E-state index in [1.54, 1.807) is 90.1 Å². The number of anilines is 3. The number of rotatable bonds is 26. The summed E-state index contributed by atoms with van der Waals surface area (Å²) in [5, 5.41) is 21.9. The zero-order valence-corrected chi connectivity index (χ0v) is 68.4. The molecule has 0 unspecified atom stereocenters. The molecular formula is C78H112Cl3F9N14O17. The molecule has 0 spiro atoms. The maximum Gasteiger partial charge on any atom is 0.422 e. The number of nitrogen functional groups attached to an aromatic ring is 1. The lowest BCUT2D eigenvalue weighted by atomic mass is 10.1. The van der Waals surface area contributed by atoms with Gasteiger partial charge in [0.1, 0.15) is 51.7 Å². The second kappa shape index (κ2) is 51.1. The van der Waals surface area contributed by atoms with Crippen LogP contribution in [0.1, 0.15) is 231 Å². The van der Waals surface area contributed by atoms with Crippen molar-refractivity contribution in [2.75, 3.05) is 62.6 Å². The minimum absolute atomic E-state index is 0. The Morgan fingerprint density at radius 1 is 0.463 bits per heavy atom. The monoisotopic (exact) mass is 1790 g/mol. The summed E-state index contributed by atoms with van der Waals surface area (Å²) in [5.41, 5.74) is 15.1. The van der Waals surface area contributed by atoms with E-state index >= 15 is 0 Å². The Bertz CT molecular complexity index is 4140. The van der Waals surface area contributed by atoms with Crippen LogP contribution >= 0.6 is 34.8 Å². The van der Waals surface area contributed by atoms with Crippen LogP contribution in [-0.4, -0.2) is 195 Å². The van der Waals surface area contributed by atoms with Crippen molar-refractivity contribution in [1.29, 1.82) is 0 Å². The minimum atomic E-state index is -4.59. The number of hydrogen-bond acceptors (Lipinski definition) is 30. The first-order valence-electron chi connectivity index (χ1n) is 36.0. The first-order valence-corrected chi connectivity index (χ1v) is 37.1. The summed E-state index contributed by atoms with van der Waals surface area (Å²) in [7, 11) is 0. The summed E-state index contributed by atoms with van der Waals surface area (Å²) in [6, 6.07) is 17.9. The Hall–Kier alpha value is -9.90. The Balaban J connectivity index is 0. The number of alkyl halides is 9. The zero-order chi connectivity index (χ0) is 88.6. The standard InChI is InChI=1S/C23H27F3N4O5.C19H19F3N4O5.C11H15NO2.C10H21NO2.C6H11NO2.C3Cl3N3.C2H3F3O.4CH4/c1-5-33-18(32)22(10-11-22)30-19-27-16(28-20(29-19)34-13-23(24,25)26)12-14-6-8-15(9-7-14)17(31)35-21(2,3)4;1-2-30-15(29)18(7-8-18)26-16-23-13(24-17(25-16)31-10-19(20,21)22)9-11-3-5-12(6-4-11)14(27)28;1-11(2,3)14-10(13)8-4-6-9(12)7-5-8;1-10(2,3)13-9(12)7-5-4-6-8-11;1-2-9-5(8)6(7)3-4-6;4-1-7-2(5)9-3(6)8-1;3-2(4,5)1-6;;;;/h6-9H,5,10-13H2,1-4H3,(H,27,28,29,30);3-6H,2,7-10H2,1H3,(H,27,28)(H,23,24,25,26);4-7H,12H2,1-3H3;4-8,11H2,1-3H3;2-4,7H2,1H3;;6H,1H2;4*1H4. The van der Waals surface area contributed by atoms with Gasteiger partial charge in [0, 0.05) is 24.9 Å². The molecule has 10 N–H and O–H groups in total. The molecule has 121 heavy (non-hydrogen) atoms. The molecule has 9 rings (SSSR count). The highest BCUT2D eigenvalue weighted by molar-refractivity contribution is 6.33. The van der Waals surface area contributed by atoms with Crippen molar-refractivity contribution in [1.82, 2.24) is 44.9 Å². The van der Waals surface area contributed by atoms with Gasteiger partial charge in [-0.15, -0.1) is 0 Å². The number of nitrogens with two attached hydrogens (primary N) is 3. The summed E-state index contributed by atoms with van der Waals surface area (Å²) in [6.07, 6.45) is -6.57. The number of aromatic carboxylic acids is 1. The molecule has 31 nitrogen and oxygen atoms in total. The molecule has 43 heteroatoms. The lowest BCUT2D eigenvalue weighted by Crippen LogP contribution is -2.34. The molecule has 3 aliphatic carbocycles. The number of halogens is 12. The van der Waals surface area contributed by atoms with E-state index in [1.807, 2.05) is 41.5 Å². The molecule has 0 aliphatic heterocycles.